The fourth-order valence-electron chi connectivity index (χ4n) is 3.15. The van der Waals surface area contributed by atoms with Gasteiger partial charge in [-0.1, -0.05) is 13.8 Å². The summed E-state index contributed by atoms with van der Waals surface area (Å²) < 4.78 is 0. The molecule has 3 fully saturated rings. The van der Waals surface area contributed by atoms with Gasteiger partial charge in [0, 0.05) is 5.92 Å². The van der Waals surface area contributed by atoms with Crippen LogP contribution in [0.2, 0.25) is 0 Å². The third-order valence-corrected chi connectivity index (χ3v) is 4.22. The van der Waals surface area contributed by atoms with E-state index in [1.165, 1.54) is 12.8 Å². The van der Waals surface area contributed by atoms with Gasteiger partial charge < -0.3 is 5.73 Å². The summed E-state index contributed by atoms with van der Waals surface area (Å²) in [6.45, 7) is 4.56. The number of carbonyl (C=O) groups excluding carboxylic acids is 1. The quantitative estimate of drug-likeness (QED) is 0.632. The van der Waals surface area contributed by atoms with E-state index in [-0.39, 0.29) is 11.8 Å². The molecule has 0 saturated heterocycles. The lowest BCUT2D eigenvalue weighted by molar-refractivity contribution is -0.145. The molecule has 3 unspecified atom stereocenters. The highest BCUT2D eigenvalue weighted by Crippen LogP contribution is 2.61. The van der Waals surface area contributed by atoms with Crippen LogP contribution < -0.4 is 5.73 Å². The molecule has 3 aliphatic rings. The van der Waals surface area contributed by atoms with E-state index in [9.17, 15) is 4.79 Å². The van der Waals surface area contributed by atoms with Gasteiger partial charge in [0.15, 0.2) is 0 Å². The lowest BCUT2D eigenvalue weighted by Crippen LogP contribution is -2.55. The second-order valence-corrected chi connectivity index (χ2v) is 4.95. The highest BCUT2D eigenvalue weighted by molar-refractivity contribution is 5.77. The number of nitrogens with two attached hydrogens (primary N) is 1. The Morgan fingerprint density at radius 2 is 2.08 bits per heavy atom. The van der Waals surface area contributed by atoms with Crippen molar-refractivity contribution < 1.29 is 4.79 Å². The van der Waals surface area contributed by atoms with E-state index in [1.807, 2.05) is 0 Å². The standard InChI is InChI=1S/C10H17NO/c1-10(2)6-3-4-7(9(11)12)8(10)5-6/h6-8H,3-5H2,1-2H3,(H2,11,12). The molecular formula is C10H17NO. The number of amides is 1. The van der Waals surface area contributed by atoms with Crippen molar-refractivity contribution in [2.75, 3.05) is 0 Å². The Morgan fingerprint density at radius 1 is 1.42 bits per heavy atom. The molecule has 3 saturated carbocycles. The average molecular weight is 167 g/mol. The van der Waals surface area contributed by atoms with Crippen molar-refractivity contribution in [1.82, 2.24) is 0 Å². The molecule has 2 N–H and O–H groups in total. The smallest absolute Gasteiger partial charge is 0.220 e. The Balaban J connectivity index is 2.16. The highest BCUT2D eigenvalue weighted by Gasteiger charge is 2.55. The van der Waals surface area contributed by atoms with Crippen molar-refractivity contribution in [1.29, 1.82) is 0 Å². The first-order chi connectivity index (χ1) is 5.53. The first-order valence-corrected chi connectivity index (χ1v) is 4.83. The van der Waals surface area contributed by atoms with Crippen LogP contribution in [0, 0.1) is 23.2 Å². The molecule has 3 rings (SSSR count). The van der Waals surface area contributed by atoms with Gasteiger partial charge in [-0.3, -0.25) is 4.79 Å². The van der Waals surface area contributed by atoms with E-state index in [0.29, 0.717) is 11.3 Å². The summed E-state index contributed by atoms with van der Waals surface area (Å²) in [5.41, 5.74) is 5.75. The third-order valence-electron chi connectivity index (χ3n) is 4.22. The molecule has 0 aliphatic heterocycles. The fraction of sp³-hybridized carbons (Fsp3) is 0.900. The SMILES string of the molecule is CC1(C)C2CCC(C(N)=O)C1C2. The molecule has 3 atom stereocenters. The van der Waals surface area contributed by atoms with Crippen molar-refractivity contribution in [2.45, 2.75) is 33.1 Å². The van der Waals surface area contributed by atoms with Crippen LogP contribution in [0.3, 0.4) is 0 Å². The molecule has 0 spiro atoms. The fourth-order valence-corrected chi connectivity index (χ4v) is 3.15. The molecule has 68 valence electrons. The molecule has 0 aromatic carbocycles. The zero-order valence-corrected chi connectivity index (χ0v) is 7.84. The Labute approximate surface area is 73.5 Å². The van der Waals surface area contributed by atoms with Crippen molar-refractivity contribution in [3.05, 3.63) is 0 Å². The second-order valence-electron chi connectivity index (χ2n) is 4.95. The van der Waals surface area contributed by atoms with Crippen molar-refractivity contribution in [2.24, 2.45) is 28.9 Å². The van der Waals surface area contributed by atoms with Crippen LogP contribution in [0.5, 0.6) is 0 Å². The molecular weight excluding hydrogens is 150 g/mol. The number of hydrogen-bond acceptors (Lipinski definition) is 1. The van der Waals surface area contributed by atoms with Gasteiger partial charge in [0.2, 0.25) is 5.91 Å². The summed E-state index contributed by atoms with van der Waals surface area (Å²) in [4.78, 5) is 11.1. The van der Waals surface area contributed by atoms with Crippen molar-refractivity contribution in [3.63, 3.8) is 0 Å². The maximum absolute atomic E-state index is 11.1. The van der Waals surface area contributed by atoms with Crippen LogP contribution in [0.4, 0.5) is 0 Å². The summed E-state index contributed by atoms with van der Waals surface area (Å²) in [7, 11) is 0. The predicted molar refractivity (Wildman–Crippen MR) is 47.3 cm³/mol. The summed E-state index contributed by atoms with van der Waals surface area (Å²) >= 11 is 0. The van der Waals surface area contributed by atoms with Gasteiger partial charge in [0.1, 0.15) is 0 Å². The van der Waals surface area contributed by atoms with Gasteiger partial charge >= 0.3 is 0 Å². The number of rotatable bonds is 1. The van der Waals surface area contributed by atoms with E-state index < -0.39 is 0 Å². The van der Waals surface area contributed by atoms with Gasteiger partial charge in [-0.05, 0) is 36.5 Å². The molecule has 1 amide bonds. The monoisotopic (exact) mass is 167 g/mol. The highest BCUT2D eigenvalue weighted by atomic mass is 16.1. The van der Waals surface area contributed by atoms with Crippen LogP contribution in [-0.2, 0) is 4.79 Å². The van der Waals surface area contributed by atoms with Gasteiger partial charge in [0.05, 0.1) is 0 Å². The first kappa shape index (κ1) is 8.09. The number of carbonyl (C=O) groups is 1. The van der Waals surface area contributed by atoms with Crippen LogP contribution >= 0.6 is 0 Å². The van der Waals surface area contributed by atoms with E-state index in [4.69, 9.17) is 5.73 Å². The van der Waals surface area contributed by atoms with Crippen LogP contribution in [0.1, 0.15) is 33.1 Å². The lowest BCUT2D eigenvalue weighted by Gasteiger charge is -2.59. The van der Waals surface area contributed by atoms with E-state index in [2.05, 4.69) is 13.8 Å². The average Bonchev–Trinajstić information content (AvgIpc) is 2.04. The Bertz CT molecular complexity index is 220. The topological polar surface area (TPSA) is 43.1 Å². The van der Waals surface area contributed by atoms with Crippen molar-refractivity contribution in [3.8, 4) is 0 Å². The maximum atomic E-state index is 11.1. The number of fused-ring (bicyclic) bond motifs is 2. The summed E-state index contributed by atoms with van der Waals surface area (Å²) in [6.07, 6.45) is 3.48. The summed E-state index contributed by atoms with van der Waals surface area (Å²) in [6, 6.07) is 0. The second kappa shape index (κ2) is 2.24. The first-order valence-electron chi connectivity index (χ1n) is 4.83. The number of hydrogen-bond donors (Lipinski definition) is 1. The molecule has 0 radical (unpaired) electrons. The number of primary amides is 1. The molecule has 2 heteroatoms. The minimum absolute atomic E-state index is 0.0776. The molecule has 0 aromatic heterocycles. The molecule has 3 aliphatic carbocycles. The largest absolute Gasteiger partial charge is 0.369 e. The minimum Gasteiger partial charge on any atom is -0.369 e. The molecule has 2 bridgehead atoms. The van der Waals surface area contributed by atoms with Gasteiger partial charge in [0.25, 0.3) is 0 Å². The normalized spacial score (nSPS) is 43.3. The summed E-state index contributed by atoms with van der Waals surface area (Å²) in [5, 5.41) is 0. The van der Waals surface area contributed by atoms with Gasteiger partial charge in [-0.2, -0.15) is 0 Å². The molecule has 12 heavy (non-hydrogen) atoms. The van der Waals surface area contributed by atoms with Gasteiger partial charge in [-0.15, -0.1) is 0 Å². The Kier molecular flexibility index (Phi) is 1.51. The minimum atomic E-state index is -0.0776. The van der Waals surface area contributed by atoms with Crippen LogP contribution in [0.25, 0.3) is 0 Å². The van der Waals surface area contributed by atoms with E-state index >= 15 is 0 Å². The Hall–Kier alpha value is -0.530. The van der Waals surface area contributed by atoms with E-state index in [1.54, 1.807) is 0 Å². The van der Waals surface area contributed by atoms with Crippen LogP contribution in [-0.4, -0.2) is 5.91 Å². The summed E-state index contributed by atoms with van der Waals surface area (Å²) in [5.74, 6) is 1.53. The molecule has 0 aromatic rings. The Morgan fingerprint density at radius 3 is 2.42 bits per heavy atom. The molecule has 0 heterocycles. The van der Waals surface area contributed by atoms with Crippen molar-refractivity contribution >= 4 is 5.91 Å². The van der Waals surface area contributed by atoms with E-state index in [0.717, 1.165) is 12.3 Å². The predicted octanol–water partition coefficient (Wildman–Crippen LogP) is 1.54. The maximum Gasteiger partial charge on any atom is 0.220 e. The zero-order valence-electron chi connectivity index (χ0n) is 7.84. The van der Waals surface area contributed by atoms with Crippen LogP contribution in [0.15, 0.2) is 0 Å². The third kappa shape index (κ3) is 0.838. The molecule has 2 nitrogen and oxygen atoms in total. The van der Waals surface area contributed by atoms with Gasteiger partial charge in [-0.25, -0.2) is 0 Å². The lowest BCUT2D eigenvalue weighted by atomic mass is 9.45. The zero-order chi connectivity index (χ0) is 8.93.